The Kier molecular flexibility index (Phi) is 5.04. The van der Waals surface area contributed by atoms with Gasteiger partial charge in [-0.15, -0.1) is 0 Å². The predicted molar refractivity (Wildman–Crippen MR) is 76.0 cm³/mol. The molecule has 0 fully saturated rings. The Balaban J connectivity index is 1.64. The Morgan fingerprint density at radius 1 is 1.00 bits per heavy atom. The van der Waals surface area contributed by atoms with Gasteiger partial charge in [-0.25, -0.2) is 4.98 Å². The van der Waals surface area contributed by atoms with Crippen LogP contribution >= 0.6 is 11.6 Å². The third-order valence-electron chi connectivity index (χ3n) is 2.51. The number of rotatable bonds is 6. The highest BCUT2D eigenvalue weighted by Crippen LogP contribution is 2.15. The minimum Gasteiger partial charge on any atom is -0.493 e. The van der Waals surface area contributed by atoms with Crippen molar-refractivity contribution >= 4 is 11.6 Å². The number of pyridine rings is 1. The van der Waals surface area contributed by atoms with Crippen LogP contribution in [0.4, 0.5) is 0 Å². The van der Waals surface area contributed by atoms with Gasteiger partial charge in [-0.2, -0.15) is 0 Å². The van der Waals surface area contributed by atoms with Crippen LogP contribution in [0.3, 0.4) is 0 Å². The Morgan fingerprint density at radius 2 is 1.74 bits per heavy atom. The maximum absolute atomic E-state index is 5.79. The SMILES string of the molecule is Cc1ccc(OCCCOc2ccc(Cl)cc2)nc1. The number of nitrogens with zero attached hydrogens (tertiary/aromatic N) is 1. The molecule has 2 aromatic rings. The molecule has 0 N–H and O–H groups in total. The number of hydrogen-bond donors (Lipinski definition) is 0. The largest absolute Gasteiger partial charge is 0.493 e. The summed E-state index contributed by atoms with van der Waals surface area (Å²) in [7, 11) is 0. The molecule has 0 saturated carbocycles. The van der Waals surface area contributed by atoms with Gasteiger partial charge >= 0.3 is 0 Å². The average molecular weight is 278 g/mol. The maximum Gasteiger partial charge on any atom is 0.213 e. The summed E-state index contributed by atoms with van der Waals surface area (Å²) >= 11 is 5.79. The van der Waals surface area contributed by atoms with Gasteiger partial charge in [-0.05, 0) is 36.8 Å². The van der Waals surface area contributed by atoms with E-state index in [0.717, 1.165) is 17.7 Å². The third-order valence-corrected chi connectivity index (χ3v) is 2.76. The zero-order valence-corrected chi connectivity index (χ0v) is 11.6. The predicted octanol–water partition coefficient (Wildman–Crippen LogP) is 3.89. The van der Waals surface area contributed by atoms with Gasteiger partial charge in [0.1, 0.15) is 5.75 Å². The summed E-state index contributed by atoms with van der Waals surface area (Å²) < 4.78 is 11.1. The van der Waals surface area contributed by atoms with Crippen LogP contribution in [0.2, 0.25) is 5.02 Å². The van der Waals surface area contributed by atoms with Crippen LogP contribution in [-0.4, -0.2) is 18.2 Å². The summed E-state index contributed by atoms with van der Waals surface area (Å²) in [5.41, 5.74) is 1.12. The molecule has 19 heavy (non-hydrogen) atoms. The molecule has 1 aromatic carbocycles. The molecule has 4 heteroatoms. The van der Waals surface area contributed by atoms with Crippen LogP contribution in [-0.2, 0) is 0 Å². The second-order valence-electron chi connectivity index (χ2n) is 4.18. The molecule has 0 radical (unpaired) electrons. The van der Waals surface area contributed by atoms with Crippen LogP contribution in [0.15, 0.2) is 42.6 Å². The molecule has 0 saturated heterocycles. The van der Waals surface area contributed by atoms with Gasteiger partial charge in [0.2, 0.25) is 5.88 Å². The van der Waals surface area contributed by atoms with Crippen LogP contribution in [0, 0.1) is 6.92 Å². The number of aromatic nitrogens is 1. The summed E-state index contributed by atoms with van der Waals surface area (Å²) in [5.74, 6) is 1.47. The zero-order chi connectivity index (χ0) is 13.5. The first-order chi connectivity index (χ1) is 9.24. The number of hydrogen-bond acceptors (Lipinski definition) is 3. The van der Waals surface area contributed by atoms with Crippen molar-refractivity contribution in [3.8, 4) is 11.6 Å². The van der Waals surface area contributed by atoms with E-state index in [2.05, 4.69) is 4.98 Å². The van der Waals surface area contributed by atoms with E-state index in [-0.39, 0.29) is 0 Å². The van der Waals surface area contributed by atoms with Gasteiger partial charge in [-0.1, -0.05) is 17.7 Å². The lowest BCUT2D eigenvalue weighted by atomic mass is 10.3. The van der Waals surface area contributed by atoms with Crippen molar-refractivity contribution in [1.29, 1.82) is 0 Å². The summed E-state index contributed by atoms with van der Waals surface area (Å²) in [4.78, 5) is 4.17. The molecule has 3 nitrogen and oxygen atoms in total. The van der Waals surface area contributed by atoms with E-state index in [4.69, 9.17) is 21.1 Å². The van der Waals surface area contributed by atoms with Gasteiger partial charge in [0.15, 0.2) is 0 Å². The lowest BCUT2D eigenvalue weighted by Gasteiger charge is -2.07. The topological polar surface area (TPSA) is 31.4 Å². The van der Waals surface area contributed by atoms with Crippen molar-refractivity contribution < 1.29 is 9.47 Å². The van der Waals surface area contributed by atoms with E-state index in [1.165, 1.54) is 0 Å². The van der Waals surface area contributed by atoms with Crippen molar-refractivity contribution in [3.05, 3.63) is 53.2 Å². The van der Waals surface area contributed by atoms with Crippen molar-refractivity contribution in [2.75, 3.05) is 13.2 Å². The van der Waals surface area contributed by atoms with E-state index in [9.17, 15) is 0 Å². The van der Waals surface area contributed by atoms with Crippen LogP contribution in [0.25, 0.3) is 0 Å². The first-order valence-corrected chi connectivity index (χ1v) is 6.56. The van der Waals surface area contributed by atoms with Crippen molar-refractivity contribution in [2.24, 2.45) is 0 Å². The summed E-state index contributed by atoms with van der Waals surface area (Å²) in [6, 6.07) is 11.2. The molecule has 0 aliphatic carbocycles. The number of ether oxygens (including phenoxy) is 2. The Bertz CT molecular complexity index is 449. The minimum absolute atomic E-state index is 0.587. The van der Waals surface area contributed by atoms with E-state index in [1.54, 1.807) is 6.20 Å². The Morgan fingerprint density at radius 3 is 2.42 bits per heavy atom. The molecule has 0 spiro atoms. The molecular formula is C15H16ClNO2. The fourth-order valence-corrected chi connectivity index (χ4v) is 1.62. The molecule has 1 heterocycles. The first-order valence-electron chi connectivity index (χ1n) is 6.18. The Labute approximate surface area is 118 Å². The third kappa shape index (κ3) is 4.79. The highest BCUT2D eigenvalue weighted by molar-refractivity contribution is 6.30. The van der Waals surface area contributed by atoms with E-state index >= 15 is 0 Å². The lowest BCUT2D eigenvalue weighted by Crippen LogP contribution is -2.05. The average Bonchev–Trinajstić information content (AvgIpc) is 2.43. The van der Waals surface area contributed by atoms with Crippen LogP contribution < -0.4 is 9.47 Å². The van der Waals surface area contributed by atoms with Gasteiger partial charge in [0.05, 0.1) is 13.2 Å². The lowest BCUT2D eigenvalue weighted by molar-refractivity contribution is 0.242. The summed E-state index contributed by atoms with van der Waals surface area (Å²) in [6.07, 6.45) is 2.59. The molecule has 0 unspecified atom stereocenters. The maximum atomic E-state index is 5.79. The summed E-state index contributed by atoms with van der Waals surface area (Å²) in [5, 5.41) is 0.709. The molecule has 1 aromatic heterocycles. The van der Waals surface area contributed by atoms with Gasteiger partial charge in [0, 0.05) is 23.7 Å². The van der Waals surface area contributed by atoms with Crippen LogP contribution in [0.1, 0.15) is 12.0 Å². The minimum atomic E-state index is 0.587. The smallest absolute Gasteiger partial charge is 0.213 e. The zero-order valence-electron chi connectivity index (χ0n) is 10.8. The van der Waals surface area contributed by atoms with E-state index < -0.39 is 0 Å². The highest BCUT2D eigenvalue weighted by Gasteiger charge is 1.96. The molecular weight excluding hydrogens is 262 g/mol. The van der Waals surface area contributed by atoms with E-state index in [0.29, 0.717) is 24.1 Å². The van der Waals surface area contributed by atoms with E-state index in [1.807, 2.05) is 43.3 Å². The van der Waals surface area contributed by atoms with Gasteiger partial charge < -0.3 is 9.47 Å². The summed E-state index contributed by atoms with van der Waals surface area (Å²) in [6.45, 7) is 3.19. The number of aryl methyl sites for hydroxylation is 1. The van der Waals surface area contributed by atoms with Crippen molar-refractivity contribution in [2.45, 2.75) is 13.3 Å². The fraction of sp³-hybridized carbons (Fsp3) is 0.267. The van der Waals surface area contributed by atoms with Crippen molar-refractivity contribution in [1.82, 2.24) is 4.98 Å². The number of halogens is 1. The second-order valence-corrected chi connectivity index (χ2v) is 4.61. The molecule has 0 aliphatic rings. The first kappa shape index (κ1) is 13.7. The van der Waals surface area contributed by atoms with Crippen molar-refractivity contribution in [3.63, 3.8) is 0 Å². The fourth-order valence-electron chi connectivity index (χ4n) is 1.50. The quantitative estimate of drug-likeness (QED) is 0.751. The highest BCUT2D eigenvalue weighted by atomic mass is 35.5. The normalized spacial score (nSPS) is 10.2. The van der Waals surface area contributed by atoms with Gasteiger partial charge in [0.25, 0.3) is 0 Å². The molecule has 100 valence electrons. The monoisotopic (exact) mass is 277 g/mol. The molecule has 0 aliphatic heterocycles. The molecule has 0 atom stereocenters. The standard InChI is InChI=1S/C15H16ClNO2/c1-12-3-8-15(17-11-12)19-10-2-9-18-14-6-4-13(16)5-7-14/h3-8,11H,2,9-10H2,1H3. The van der Waals surface area contributed by atoms with Crippen LogP contribution in [0.5, 0.6) is 11.6 Å². The van der Waals surface area contributed by atoms with Gasteiger partial charge in [-0.3, -0.25) is 0 Å². The molecule has 2 rings (SSSR count). The number of benzene rings is 1. The second kappa shape index (κ2) is 7.00. The Hall–Kier alpha value is -1.74. The molecule has 0 bridgehead atoms. The molecule has 0 amide bonds.